The molecule has 0 aliphatic carbocycles. The molecule has 0 unspecified atom stereocenters. The second-order valence-electron chi connectivity index (χ2n) is 3.48. The van der Waals surface area contributed by atoms with E-state index < -0.39 is 0 Å². The minimum atomic E-state index is -0.291. The Bertz CT molecular complexity index is 522. The van der Waals surface area contributed by atoms with Gasteiger partial charge in [0, 0.05) is 29.8 Å². The lowest BCUT2D eigenvalue weighted by atomic mass is 10.1. The van der Waals surface area contributed by atoms with Crippen molar-refractivity contribution in [3.63, 3.8) is 0 Å². The largest absolute Gasteiger partial charge is 0.396 e. The monoisotopic (exact) mass is 217 g/mol. The third-order valence-electron chi connectivity index (χ3n) is 2.31. The lowest BCUT2D eigenvalue weighted by Crippen LogP contribution is -1.86. The molecule has 3 heteroatoms. The lowest BCUT2D eigenvalue weighted by molar-refractivity contribution is 0.303. The quantitative estimate of drug-likeness (QED) is 0.857. The van der Waals surface area contributed by atoms with Gasteiger partial charge in [0.25, 0.3) is 0 Å². The summed E-state index contributed by atoms with van der Waals surface area (Å²) in [6.45, 7) is 0.0766. The van der Waals surface area contributed by atoms with Crippen LogP contribution < -0.4 is 0 Å². The van der Waals surface area contributed by atoms with E-state index in [1.165, 1.54) is 6.07 Å². The Balaban J connectivity index is 2.42. The van der Waals surface area contributed by atoms with Crippen molar-refractivity contribution in [3.05, 3.63) is 47.9 Å². The second kappa shape index (κ2) is 4.86. The molecule has 0 aliphatic rings. The molecule has 0 atom stereocenters. The van der Waals surface area contributed by atoms with E-state index in [0.29, 0.717) is 17.5 Å². The Kier molecular flexibility index (Phi) is 3.27. The normalized spacial score (nSPS) is 11.4. The van der Waals surface area contributed by atoms with Gasteiger partial charge in [-0.25, -0.2) is 4.39 Å². The molecule has 1 heterocycles. The number of hydrogen-bond donors (Lipinski definition) is 1. The fourth-order valence-corrected chi connectivity index (χ4v) is 1.53. The zero-order valence-corrected chi connectivity index (χ0v) is 8.73. The summed E-state index contributed by atoms with van der Waals surface area (Å²) in [6, 6.07) is 6.89. The van der Waals surface area contributed by atoms with E-state index in [4.69, 9.17) is 5.11 Å². The zero-order chi connectivity index (χ0) is 11.4. The van der Waals surface area contributed by atoms with Crippen LogP contribution in [0.1, 0.15) is 12.0 Å². The molecule has 0 radical (unpaired) electrons. The van der Waals surface area contributed by atoms with E-state index >= 15 is 0 Å². The number of aliphatic hydroxyl groups is 1. The maximum absolute atomic E-state index is 13.6. The summed E-state index contributed by atoms with van der Waals surface area (Å²) in [5.41, 5.74) is 1.17. The van der Waals surface area contributed by atoms with Gasteiger partial charge in [-0.1, -0.05) is 18.2 Å². The number of fused-ring (bicyclic) bond motifs is 1. The van der Waals surface area contributed by atoms with E-state index in [2.05, 4.69) is 4.98 Å². The number of aromatic nitrogens is 1. The lowest BCUT2D eigenvalue weighted by Gasteiger charge is -2.00. The summed E-state index contributed by atoms with van der Waals surface area (Å²) >= 11 is 0. The fraction of sp³-hybridized carbons (Fsp3) is 0.154. The highest BCUT2D eigenvalue weighted by Crippen LogP contribution is 2.18. The van der Waals surface area contributed by atoms with Crippen molar-refractivity contribution < 1.29 is 9.50 Å². The van der Waals surface area contributed by atoms with Crippen LogP contribution in [0.25, 0.3) is 17.0 Å². The van der Waals surface area contributed by atoms with E-state index in [1.54, 1.807) is 24.4 Å². The predicted octanol–water partition coefficient (Wildman–Crippen LogP) is 2.77. The molecule has 1 aromatic heterocycles. The second-order valence-corrected chi connectivity index (χ2v) is 3.48. The first-order valence-electron chi connectivity index (χ1n) is 5.13. The average Bonchev–Trinajstić information content (AvgIpc) is 2.30. The summed E-state index contributed by atoms with van der Waals surface area (Å²) in [4.78, 5) is 4.08. The van der Waals surface area contributed by atoms with Crippen LogP contribution in [-0.4, -0.2) is 16.7 Å². The number of hydrogen-bond acceptors (Lipinski definition) is 2. The van der Waals surface area contributed by atoms with Crippen molar-refractivity contribution in [2.24, 2.45) is 0 Å². The van der Waals surface area contributed by atoms with Crippen molar-refractivity contribution in [2.45, 2.75) is 6.42 Å². The molecular weight excluding hydrogens is 205 g/mol. The summed E-state index contributed by atoms with van der Waals surface area (Å²) in [7, 11) is 0. The van der Waals surface area contributed by atoms with Crippen LogP contribution in [0.4, 0.5) is 4.39 Å². The molecule has 2 nitrogen and oxygen atoms in total. The van der Waals surface area contributed by atoms with Gasteiger partial charge in [-0.2, -0.15) is 0 Å². The van der Waals surface area contributed by atoms with Crippen molar-refractivity contribution in [2.75, 3.05) is 6.61 Å². The van der Waals surface area contributed by atoms with Gasteiger partial charge in [0.05, 0.1) is 5.52 Å². The SMILES string of the molecule is OCCC=Cc1cc2cccnc2cc1F. The van der Waals surface area contributed by atoms with Crippen LogP contribution in [0.2, 0.25) is 0 Å². The maximum Gasteiger partial charge on any atom is 0.132 e. The van der Waals surface area contributed by atoms with E-state index in [-0.39, 0.29) is 12.4 Å². The number of nitrogens with zero attached hydrogens (tertiary/aromatic N) is 1. The molecule has 2 rings (SSSR count). The molecule has 0 bridgehead atoms. The molecule has 1 N–H and O–H groups in total. The van der Waals surface area contributed by atoms with Gasteiger partial charge in [-0.15, -0.1) is 0 Å². The van der Waals surface area contributed by atoms with E-state index in [0.717, 1.165) is 5.39 Å². The van der Waals surface area contributed by atoms with Crippen LogP contribution >= 0.6 is 0 Å². The number of aliphatic hydroxyl groups excluding tert-OH is 1. The number of pyridine rings is 1. The molecule has 0 saturated carbocycles. The molecule has 0 fully saturated rings. The van der Waals surface area contributed by atoms with Crippen LogP contribution in [0.5, 0.6) is 0 Å². The molecule has 82 valence electrons. The number of benzene rings is 1. The van der Waals surface area contributed by atoms with Crippen LogP contribution in [0, 0.1) is 5.82 Å². The van der Waals surface area contributed by atoms with Crippen LogP contribution in [-0.2, 0) is 0 Å². The first-order valence-corrected chi connectivity index (χ1v) is 5.13. The fourth-order valence-electron chi connectivity index (χ4n) is 1.53. The van der Waals surface area contributed by atoms with Crippen molar-refractivity contribution >= 4 is 17.0 Å². The summed E-state index contributed by atoms with van der Waals surface area (Å²) in [5.74, 6) is -0.291. The van der Waals surface area contributed by atoms with E-state index in [9.17, 15) is 4.39 Å². The molecule has 1 aromatic carbocycles. The van der Waals surface area contributed by atoms with Crippen LogP contribution in [0.3, 0.4) is 0 Å². The topological polar surface area (TPSA) is 33.1 Å². The highest BCUT2D eigenvalue weighted by atomic mass is 19.1. The molecular formula is C13H12FNO. The smallest absolute Gasteiger partial charge is 0.132 e. The predicted molar refractivity (Wildman–Crippen MR) is 62.4 cm³/mol. The number of halogens is 1. The Hall–Kier alpha value is -1.74. The van der Waals surface area contributed by atoms with E-state index in [1.807, 2.05) is 12.1 Å². The minimum Gasteiger partial charge on any atom is -0.396 e. The van der Waals surface area contributed by atoms with Crippen molar-refractivity contribution in [3.8, 4) is 0 Å². The molecule has 16 heavy (non-hydrogen) atoms. The molecule has 0 saturated heterocycles. The van der Waals surface area contributed by atoms with Crippen molar-refractivity contribution in [1.29, 1.82) is 0 Å². The van der Waals surface area contributed by atoms with Gasteiger partial charge in [-0.05, 0) is 18.6 Å². The minimum absolute atomic E-state index is 0.0766. The molecule has 2 aromatic rings. The first-order chi connectivity index (χ1) is 7.81. The summed E-state index contributed by atoms with van der Waals surface area (Å²) < 4.78 is 13.6. The van der Waals surface area contributed by atoms with Gasteiger partial charge in [0.2, 0.25) is 0 Å². The van der Waals surface area contributed by atoms with Gasteiger partial charge >= 0.3 is 0 Å². The Morgan fingerprint density at radius 2 is 2.25 bits per heavy atom. The molecule has 0 spiro atoms. The third-order valence-corrected chi connectivity index (χ3v) is 2.31. The summed E-state index contributed by atoms with van der Waals surface area (Å²) in [5, 5.41) is 9.54. The molecule has 0 amide bonds. The van der Waals surface area contributed by atoms with Gasteiger partial charge in [0.1, 0.15) is 5.82 Å². The van der Waals surface area contributed by atoms with Gasteiger partial charge in [0.15, 0.2) is 0 Å². The number of rotatable bonds is 3. The molecule has 0 aliphatic heterocycles. The Labute approximate surface area is 93.1 Å². The van der Waals surface area contributed by atoms with Crippen molar-refractivity contribution in [1.82, 2.24) is 4.98 Å². The highest BCUT2D eigenvalue weighted by Gasteiger charge is 2.01. The maximum atomic E-state index is 13.6. The zero-order valence-electron chi connectivity index (χ0n) is 8.73. The Morgan fingerprint density at radius 3 is 3.06 bits per heavy atom. The standard InChI is InChI=1S/C13H12FNO/c14-12-9-13-11(5-3-6-15-13)8-10(12)4-1-2-7-16/h1,3-6,8-9,16H,2,7H2. The Morgan fingerprint density at radius 1 is 1.38 bits per heavy atom. The first kappa shape index (κ1) is 10.8. The van der Waals surface area contributed by atoms with Crippen LogP contribution in [0.15, 0.2) is 36.5 Å². The highest BCUT2D eigenvalue weighted by molar-refractivity contribution is 5.81. The summed E-state index contributed by atoms with van der Waals surface area (Å²) in [6.07, 6.45) is 5.60. The van der Waals surface area contributed by atoms with Gasteiger partial charge in [-0.3, -0.25) is 4.98 Å². The third kappa shape index (κ3) is 2.25. The van der Waals surface area contributed by atoms with Gasteiger partial charge < -0.3 is 5.11 Å². The average molecular weight is 217 g/mol.